The van der Waals surface area contributed by atoms with Crippen molar-refractivity contribution >= 4 is 23.0 Å². The van der Waals surface area contributed by atoms with Gasteiger partial charge in [-0.2, -0.15) is 0 Å². The lowest BCUT2D eigenvalue weighted by Crippen LogP contribution is -2.45. The van der Waals surface area contributed by atoms with Crippen molar-refractivity contribution in [2.45, 2.75) is 31.1 Å². The molecule has 0 spiro atoms. The summed E-state index contributed by atoms with van der Waals surface area (Å²) >= 11 is 0. The van der Waals surface area contributed by atoms with Crippen LogP contribution in [0.5, 0.6) is 0 Å². The SMILES string of the molecule is COC(=O)c1ccccc1CO[n+]1cnc2c(ncn2[C@@H]2O[C@H](CO)[C@@H](O)[C@H]2O)c1N. The number of benzene rings is 1. The van der Waals surface area contributed by atoms with Crippen molar-refractivity contribution in [1.29, 1.82) is 0 Å². The molecule has 3 aromatic rings. The number of ether oxygens (including phenoxy) is 2. The van der Waals surface area contributed by atoms with Crippen LogP contribution in [0.3, 0.4) is 0 Å². The number of nitrogens with zero attached hydrogens (tertiary/aromatic N) is 4. The van der Waals surface area contributed by atoms with E-state index in [1.54, 1.807) is 24.3 Å². The molecule has 5 N–H and O–H groups in total. The summed E-state index contributed by atoms with van der Waals surface area (Å²) in [5, 5.41) is 29.5. The zero-order valence-corrected chi connectivity index (χ0v) is 16.5. The Balaban J connectivity index is 1.59. The van der Waals surface area contributed by atoms with Crippen LogP contribution in [0, 0.1) is 0 Å². The number of aliphatic hydroxyl groups is 3. The Morgan fingerprint density at radius 2 is 2.06 bits per heavy atom. The van der Waals surface area contributed by atoms with Gasteiger partial charge in [0.15, 0.2) is 12.8 Å². The van der Waals surface area contributed by atoms with Gasteiger partial charge in [0.25, 0.3) is 12.1 Å². The number of fused-ring (bicyclic) bond motifs is 1. The van der Waals surface area contributed by atoms with Crippen molar-refractivity contribution in [2.24, 2.45) is 0 Å². The maximum Gasteiger partial charge on any atom is 0.338 e. The Labute approximate surface area is 176 Å². The summed E-state index contributed by atoms with van der Waals surface area (Å²) in [6.07, 6.45) is -1.77. The number of nitrogens with two attached hydrogens (primary N) is 1. The minimum absolute atomic E-state index is 0.0167. The number of carbonyl (C=O) groups is 1. The Kier molecular flexibility index (Phi) is 5.69. The molecule has 1 aliphatic rings. The van der Waals surface area contributed by atoms with Crippen LogP contribution in [0.25, 0.3) is 11.2 Å². The number of hydrogen-bond donors (Lipinski definition) is 4. The zero-order valence-electron chi connectivity index (χ0n) is 16.5. The second-order valence-corrected chi connectivity index (χ2v) is 6.93. The molecular formula is C19H22N5O7+. The number of aromatic nitrogens is 4. The standard InChI is InChI=1S/C19H21N5O7/c1-29-19(28)11-5-3-2-4-10(11)7-30-24-9-22-17-13(16(24)20)21-8-23(17)18-15(27)14(26)12(6-25)31-18/h2-5,8-9,12,14-15,18,20,25-27H,6-7H2,1H3/p+1/t12-,14-,15-,18-/m1/s1. The highest BCUT2D eigenvalue weighted by atomic mass is 16.7. The largest absolute Gasteiger partial charge is 0.465 e. The maximum atomic E-state index is 11.9. The quantitative estimate of drug-likeness (QED) is 0.261. The summed E-state index contributed by atoms with van der Waals surface area (Å²) in [5.74, 6) is -0.353. The molecule has 4 atom stereocenters. The first-order valence-electron chi connectivity index (χ1n) is 9.41. The molecule has 1 aliphatic heterocycles. The van der Waals surface area contributed by atoms with Crippen LogP contribution in [0.1, 0.15) is 22.1 Å². The van der Waals surface area contributed by atoms with Crippen molar-refractivity contribution in [3.63, 3.8) is 0 Å². The molecule has 0 amide bonds. The van der Waals surface area contributed by atoms with Gasteiger partial charge >= 0.3 is 5.97 Å². The van der Waals surface area contributed by atoms with Crippen molar-refractivity contribution in [2.75, 3.05) is 19.5 Å². The average molecular weight is 432 g/mol. The first-order valence-corrected chi connectivity index (χ1v) is 9.41. The first kappa shape index (κ1) is 20.9. The number of aliphatic hydroxyl groups excluding tert-OH is 3. The molecule has 12 nitrogen and oxygen atoms in total. The number of carbonyl (C=O) groups excluding carboxylic acids is 1. The third-order valence-corrected chi connectivity index (χ3v) is 5.11. The lowest BCUT2D eigenvalue weighted by atomic mass is 10.1. The lowest BCUT2D eigenvalue weighted by molar-refractivity contribution is -0.885. The molecule has 1 aromatic carbocycles. The van der Waals surface area contributed by atoms with Gasteiger partial charge in [0.05, 0.1) is 19.3 Å². The Bertz CT molecular complexity index is 1100. The number of anilines is 1. The third kappa shape index (κ3) is 3.65. The van der Waals surface area contributed by atoms with E-state index in [-0.39, 0.29) is 17.9 Å². The molecule has 12 heteroatoms. The molecule has 0 aliphatic carbocycles. The molecule has 1 saturated heterocycles. The summed E-state index contributed by atoms with van der Waals surface area (Å²) < 4.78 is 12.9. The molecule has 3 heterocycles. The van der Waals surface area contributed by atoms with Gasteiger partial charge in [-0.3, -0.25) is 4.57 Å². The molecular weight excluding hydrogens is 410 g/mol. The van der Waals surface area contributed by atoms with Crippen molar-refractivity contribution in [1.82, 2.24) is 14.5 Å². The van der Waals surface area contributed by atoms with Crippen LogP contribution >= 0.6 is 0 Å². The highest BCUT2D eigenvalue weighted by Crippen LogP contribution is 2.31. The van der Waals surface area contributed by atoms with Gasteiger partial charge < -0.3 is 35.4 Å². The topological polar surface area (TPSA) is 166 Å². The van der Waals surface area contributed by atoms with Gasteiger partial charge in [0.2, 0.25) is 11.2 Å². The molecule has 2 aromatic heterocycles. The molecule has 0 bridgehead atoms. The Morgan fingerprint density at radius 1 is 1.29 bits per heavy atom. The van der Waals surface area contributed by atoms with E-state index in [1.165, 1.54) is 29.1 Å². The summed E-state index contributed by atoms with van der Waals surface area (Å²) in [7, 11) is 1.30. The van der Waals surface area contributed by atoms with Gasteiger partial charge in [0.1, 0.15) is 24.6 Å². The summed E-state index contributed by atoms with van der Waals surface area (Å²) in [4.78, 5) is 26.1. The van der Waals surface area contributed by atoms with Crippen LogP contribution in [-0.2, 0) is 16.1 Å². The van der Waals surface area contributed by atoms with Crippen LogP contribution in [0.15, 0.2) is 36.9 Å². The molecule has 164 valence electrons. The molecule has 0 unspecified atom stereocenters. The van der Waals surface area contributed by atoms with Gasteiger partial charge in [0, 0.05) is 5.56 Å². The zero-order chi connectivity index (χ0) is 22.1. The van der Waals surface area contributed by atoms with Gasteiger partial charge in [-0.1, -0.05) is 27.9 Å². The highest BCUT2D eigenvalue weighted by molar-refractivity contribution is 5.90. The normalized spacial score (nSPS) is 23.2. The van der Waals surface area contributed by atoms with E-state index >= 15 is 0 Å². The van der Waals surface area contributed by atoms with Gasteiger partial charge in [-0.15, -0.1) is 0 Å². The predicted molar refractivity (Wildman–Crippen MR) is 103 cm³/mol. The Hall–Kier alpha value is -3.32. The third-order valence-electron chi connectivity index (χ3n) is 5.11. The van der Waals surface area contributed by atoms with Crippen LogP contribution in [0.2, 0.25) is 0 Å². The second kappa shape index (κ2) is 8.43. The number of imidazole rings is 1. The summed E-state index contributed by atoms with van der Waals surface area (Å²) in [6, 6.07) is 6.84. The minimum Gasteiger partial charge on any atom is -0.465 e. The van der Waals surface area contributed by atoms with Crippen molar-refractivity contribution in [3.8, 4) is 0 Å². The predicted octanol–water partition coefficient (Wildman–Crippen LogP) is -1.67. The van der Waals surface area contributed by atoms with E-state index < -0.39 is 37.1 Å². The summed E-state index contributed by atoms with van der Waals surface area (Å²) in [5.41, 5.74) is 7.71. The molecule has 0 saturated carbocycles. The molecule has 0 radical (unpaired) electrons. The number of methoxy groups -OCH3 is 1. The van der Waals surface area contributed by atoms with Crippen LogP contribution < -0.4 is 15.3 Å². The van der Waals surface area contributed by atoms with E-state index in [0.29, 0.717) is 16.8 Å². The lowest BCUT2D eigenvalue weighted by Gasteiger charge is -2.15. The Morgan fingerprint density at radius 3 is 2.77 bits per heavy atom. The van der Waals surface area contributed by atoms with E-state index in [0.717, 1.165) is 0 Å². The molecule has 1 fully saturated rings. The average Bonchev–Trinajstić information content (AvgIpc) is 3.34. The fourth-order valence-corrected chi connectivity index (χ4v) is 3.43. The number of hydrogen-bond acceptors (Lipinski definition) is 10. The van der Waals surface area contributed by atoms with Crippen molar-refractivity contribution < 1.29 is 39.2 Å². The number of esters is 1. The van der Waals surface area contributed by atoms with Gasteiger partial charge in [-0.05, 0) is 6.07 Å². The second-order valence-electron chi connectivity index (χ2n) is 6.93. The monoisotopic (exact) mass is 432 g/mol. The number of rotatable bonds is 6. The number of nitrogen functional groups attached to an aromatic ring is 1. The summed E-state index contributed by atoms with van der Waals surface area (Å²) in [6.45, 7) is -0.430. The van der Waals surface area contributed by atoms with E-state index in [1.807, 2.05) is 0 Å². The molecule has 31 heavy (non-hydrogen) atoms. The van der Waals surface area contributed by atoms with E-state index in [9.17, 15) is 20.1 Å². The fraction of sp³-hybridized carbons (Fsp3) is 0.368. The van der Waals surface area contributed by atoms with E-state index in [4.69, 9.17) is 20.0 Å². The van der Waals surface area contributed by atoms with E-state index in [2.05, 4.69) is 9.97 Å². The smallest absolute Gasteiger partial charge is 0.338 e. The first-order chi connectivity index (χ1) is 15.0. The van der Waals surface area contributed by atoms with Crippen LogP contribution in [0.4, 0.5) is 5.82 Å². The van der Waals surface area contributed by atoms with Crippen molar-refractivity contribution in [3.05, 3.63) is 48.0 Å². The highest BCUT2D eigenvalue weighted by Gasteiger charge is 2.44. The maximum absolute atomic E-state index is 11.9. The van der Waals surface area contributed by atoms with Gasteiger partial charge in [-0.25, -0.2) is 9.78 Å². The fourth-order valence-electron chi connectivity index (χ4n) is 3.43. The minimum atomic E-state index is -1.28. The molecule has 4 rings (SSSR count). The van der Waals surface area contributed by atoms with Crippen LogP contribution in [-0.4, -0.2) is 67.9 Å².